The number of nitro groups is 1. The molecule has 1 unspecified atom stereocenters. The molecule has 2 aromatic carbocycles. The van der Waals surface area contributed by atoms with Crippen molar-refractivity contribution in [3.05, 3.63) is 74.8 Å². The van der Waals surface area contributed by atoms with Crippen LogP contribution in [0.2, 0.25) is 5.02 Å². The highest BCUT2D eigenvalue weighted by Gasteiger charge is 2.65. The van der Waals surface area contributed by atoms with Gasteiger partial charge in [-0.15, -0.1) is 4.31 Å². The molecular weight excluding hydrogens is 340 g/mol. The maximum Gasteiger partial charge on any atom is 0.302 e. The lowest BCUT2D eigenvalue weighted by atomic mass is 10.1. The van der Waals surface area contributed by atoms with Crippen LogP contribution in [0.3, 0.4) is 0 Å². The van der Waals surface area contributed by atoms with E-state index in [1.54, 1.807) is 36.4 Å². The third kappa shape index (κ3) is 2.83. The summed E-state index contributed by atoms with van der Waals surface area (Å²) in [7, 11) is -3.93. The summed E-state index contributed by atoms with van der Waals surface area (Å²) in [6, 6.07) is 11.8. The molecule has 3 rings (SSSR count). The Hall–Kier alpha value is -1.96. The zero-order chi connectivity index (χ0) is 16.8. The van der Waals surface area contributed by atoms with Crippen LogP contribution < -0.4 is 0 Å². The number of nitrogens with zero attached hydrogens (tertiary/aromatic N) is 2. The van der Waals surface area contributed by atoms with Crippen molar-refractivity contribution in [3.63, 3.8) is 0 Å². The van der Waals surface area contributed by atoms with E-state index in [0.717, 1.165) is 9.87 Å². The standard InChI is InChI=1S/C15H13ClN2O4S/c1-10-2-8-13(9-3-10)23(21,22)17-14(15(17)18(19)20)11-4-6-12(16)7-5-11/h2-9,14-15H,1H3/t14-,15+,17?/m0/s1. The van der Waals surface area contributed by atoms with Crippen molar-refractivity contribution < 1.29 is 13.3 Å². The Morgan fingerprint density at radius 1 is 1.09 bits per heavy atom. The van der Waals surface area contributed by atoms with Gasteiger partial charge in [0.15, 0.2) is 0 Å². The summed E-state index contributed by atoms with van der Waals surface area (Å²) in [6.45, 7) is 1.84. The molecule has 1 saturated heterocycles. The average molecular weight is 353 g/mol. The molecule has 0 amide bonds. The van der Waals surface area contributed by atoms with E-state index in [2.05, 4.69) is 0 Å². The zero-order valence-corrected chi connectivity index (χ0v) is 13.7. The predicted octanol–water partition coefficient (Wildman–Crippen LogP) is 3.00. The molecule has 0 N–H and O–H groups in total. The van der Waals surface area contributed by atoms with E-state index >= 15 is 0 Å². The third-order valence-electron chi connectivity index (χ3n) is 3.75. The van der Waals surface area contributed by atoms with Gasteiger partial charge in [-0.05, 0) is 36.8 Å². The van der Waals surface area contributed by atoms with Crippen LogP contribution in [0.15, 0.2) is 53.4 Å². The second-order valence-electron chi connectivity index (χ2n) is 5.34. The number of aryl methyl sites for hydroxylation is 1. The second-order valence-corrected chi connectivity index (χ2v) is 7.62. The fraction of sp³-hybridized carbons (Fsp3) is 0.200. The first kappa shape index (κ1) is 15.9. The van der Waals surface area contributed by atoms with Crippen molar-refractivity contribution in [1.82, 2.24) is 4.31 Å². The lowest BCUT2D eigenvalue weighted by Gasteiger charge is -2.05. The van der Waals surface area contributed by atoms with Gasteiger partial charge in [0.25, 0.3) is 0 Å². The Balaban J connectivity index is 1.98. The molecule has 2 aromatic rings. The summed E-state index contributed by atoms with van der Waals surface area (Å²) in [5.74, 6) is 0. The topological polar surface area (TPSA) is 80.3 Å². The molecule has 23 heavy (non-hydrogen) atoms. The molecule has 120 valence electrons. The first-order chi connectivity index (χ1) is 10.8. The van der Waals surface area contributed by atoms with E-state index in [-0.39, 0.29) is 4.90 Å². The molecule has 8 heteroatoms. The second kappa shape index (κ2) is 5.59. The minimum Gasteiger partial charge on any atom is -0.263 e. The highest BCUT2D eigenvalue weighted by molar-refractivity contribution is 7.89. The van der Waals surface area contributed by atoms with E-state index in [0.29, 0.717) is 10.6 Å². The van der Waals surface area contributed by atoms with Crippen LogP contribution in [-0.4, -0.2) is 23.8 Å². The Bertz CT molecular complexity index is 850. The van der Waals surface area contributed by atoms with Crippen LogP contribution in [-0.2, 0) is 10.0 Å². The smallest absolute Gasteiger partial charge is 0.263 e. The Kier molecular flexibility index (Phi) is 3.87. The Morgan fingerprint density at radius 3 is 2.17 bits per heavy atom. The number of benzene rings is 2. The first-order valence-electron chi connectivity index (χ1n) is 6.81. The van der Waals surface area contributed by atoms with Gasteiger partial charge in [0.05, 0.1) is 4.90 Å². The summed E-state index contributed by atoms with van der Waals surface area (Å²) in [5, 5.41) is 11.7. The monoisotopic (exact) mass is 352 g/mol. The van der Waals surface area contributed by atoms with E-state index in [4.69, 9.17) is 11.6 Å². The highest BCUT2D eigenvalue weighted by Crippen LogP contribution is 2.47. The maximum absolute atomic E-state index is 12.7. The normalized spacial score (nSPS) is 23.5. The molecule has 0 aromatic heterocycles. The van der Waals surface area contributed by atoms with Crippen molar-refractivity contribution in [3.8, 4) is 0 Å². The van der Waals surface area contributed by atoms with Crippen molar-refractivity contribution in [2.75, 3.05) is 0 Å². The molecule has 1 aliphatic heterocycles. The zero-order valence-electron chi connectivity index (χ0n) is 12.1. The van der Waals surface area contributed by atoms with E-state index in [1.165, 1.54) is 12.1 Å². The SMILES string of the molecule is Cc1ccc(S(=O)(=O)N2[C@H]([N+](=O)[O-])[C@@H]2c2ccc(Cl)cc2)cc1. The molecule has 0 saturated carbocycles. The van der Waals surface area contributed by atoms with Crippen LogP contribution in [0.1, 0.15) is 17.2 Å². The molecule has 0 aliphatic carbocycles. The largest absolute Gasteiger partial charge is 0.302 e. The number of halogens is 1. The van der Waals surface area contributed by atoms with E-state index in [9.17, 15) is 18.5 Å². The van der Waals surface area contributed by atoms with Crippen LogP contribution in [0.25, 0.3) is 0 Å². The lowest BCUT2D eigenvalue weighted by molar-refractivity contribution is -0.503. The van der Waals surface area contributed by atoms with Crippen LogP contribution >= 0.6 is 11.6 Å². The van der Waals surface area contributed by atoms with Gasteiger partial charge >= 0.3 is 6.17 Å². The van der Waals surface area contributed by atoms with Gasteiger partial charge in [-0.3, -0.25) is 10.1 Å². The molecular formula is C15H13ClN2O4S. The van der Waals surface area contributed by atoms with Gasteiger partial charge in [0.2, 0.25) is 10.0 Å². The average Bonchev–Trinajstić information content (AvgIpc) is 3.25. The van der Waals surface area contributed by atoms with Crippen molar-refractivity contribution in [2.24, 2.45) is 0 Å². The van der Waals surface area contributed by atoms with Crippen molar-refractivity contribution >= 4 is 21.6 Å². The summed E-state index contributed by atoms with van der Waals surface area (Å²) in [5.41, 5.74) is 1.46. The van der Waals surface area contributed by atoms with Crippen LogP contribution in [0, 0.1) is 17.0 Å². The van der Waals surface area contributed by atoms with Gasteiger partial charge < -0.3 is 0 Å². The molecule has 6 nitrogen and oxygen atoms in total. The molecule has 0 spiro atoms. The minimum absolute atomic E-state index is 0.0476. The van der Waals surface area contributed by atoms with Crippen molar-refractivity contribution in [2.45, 2.75) is 24.0 Å². The summed E-state index contributed by atoms with van der Waals surface area (Å²) < 4.78 is 26.3. The van der Waals surface area contributed by atoms with Gasteiger partial charge in [0.1, 0.15) is 6.04 Å². The van der Waals surface area contributed by atoms with Crippen LogP contribution in [0.4, 0.5) is 0 Å². The highest BCUT2D eigenvalue weighted by atomic mass is 35.5. The fourth-order valence-electron chi connectivity index (χ4n) is 2.51. The summed E-state index contributed by atoms with van der Waals surface area (Å²) in [6.07, 6.45) is -1.29. The number of rotatable bonds is 4. The fourth-order valence-corrected chi connectivity index (χ4v) is 4.31. The van der Waals surface area contributed by atoms with Crippen LogP contribution in [0.5, 0.6) is 0 Å². The Morgan fingerprint density at radius 2 is 1.65 bits per heavy atom. The van der Waals surface area contributed by atoms with Gasteiger partial charge in [-0.2, -0.15) is 0 Å². The number of hydrogen-bond acceptors (Lipinski definition) is 4. The van der Waals surface area contributed by atoms with Gasteiger partial charge in [0, 0.05) is 9.95 Å². The molecule has 3 atom stereocenters. The summed E-state index contributed by atoms with van der Waals surface area (Å²) in [4.78, 5) is 10.7. The first-order valence-corrected chi connectivity index (χ1v) is 8.63. The third-order valence-corrected chi connectivity index (χ3v) is 5.87. The maximum atomic E-state index is 12.7. The van der Waals surface area contributed by atoms with Gasteiger partial charge in [-0.25, -0.2) is 8.42 Å². The molecule has 0 radical (unpaired) electrons. The molecule has 1 fully saturated rings. The summed E-state index contributed by atoms with van der Waals surface area (Å²) >= 11 is 5.81. The molecule has 1 heterocycles. The predicted molar refractivity (Wildman–Crippen MR) is 85.2 cm³/mol. The van der Waals surface area contributed by atoms with Gasteiger partial charge in [-0.1, -0.05) is 41.4 Å². The number of sulfonamides is 1. The number of hydrogen-bond donors (Lipinski definition) is 0. The minimum atomic E-state index is -3.93. The molecule has 0 bridgehead atoms. The Labute approximate surface area is 138 Å². The quantitative estimate of drug-likeness (QED) is 0.481. The lowest BCUT2D eigenvalue weighted by Crippen LogP contribution is -2.18. The molecule has 1 aliphatic rings. The van der Waals surface area contributed by atoms with Crippen molar-refractivity contribution in [1.29, 1.82) is 0 Å². The van der Waals surface area contributed by atoms with E-state index in [1.807, 2.05) is 6.92 Å². The van der Waals surface area contributed by atoms with E-state index < -0.39 is 27.2 Å².